The minimum absolute atomic E-state index is 0.519. The molecule has 0 spiro atoms. The van der Waals surface area contributed by atoms with Crippen molar-refractivity contribution in [3.05, 3.63) is 60.2 Å². The van der Waals surface area contributed by atoms with E-state index in [0.29, 0.717) is 17.6 Å². The van der Waals surface area contributed by atoms with Gasteiger partial charge < -0.3 is 16.4 Å². The van der Waals surface area contributed by atoms with Crippen molar-refractivity contribution in [2.45, 2.75) is 24.8 Å². The highest BCUT2D eigenvalue weighted by Gasteiger charge is 2.29. The highest BCUT2D eigenvalue weighted by molar-refractivity contribution is 5.87. The molecule has 4 N–H and O–H groups in total. The topological polar surface area (TPSA) is 67.2 Å². The van der Waals surface area contributed by atoms with Crippen LogP contribution >= 0.6 is 0 Å². The van der Waals surface area contributed by atoms with Crippen LogP contribution in [-0.4, -0.2) is 12.1 Å². The van der Waals surface area contributed by atoms with Crippen LogP contribution in [0.15, 0.2) is 54.6 Å². The number of hydrogen-bond donors (Lipinski definition) is 3. The summed E-state index contributed by atoms with van der Waals surface area (Å²) in [6, 6.07) is 18.2. The van der Waals surface area contributed by atoms with Crippen LogP contribution < -0.4 is 16.4 Å². The van der Waals surface area contributed by atoms with Gasteiger partial charge in [0.25, 0.3) is 0 Å². The molecular formula is C17H19N3O. The zero-order valence-electron chi connectivity index (χ0n) is 11.8. The standard InChI is InChI=1S/C17H19N3O/c18-17(21)20-15-8-6-14(7-9-15)19-16-10-13(11-16)12-4-2-1-3-5-12/h1-9,13,16,19H,10-11H2,(H3,18,20,21). The summed E-state index contributed by atoms with van der Waals surface area (Å²) in [6.45, 7) is 0. The molecule has 21 heavy (non-hydrogen) atoms. The summed E-state index contributed by atoms with van der Waals surface area (Å²) >= 11 is 0. The van der Waals surface area contributed by atoms with Crippen molar-refractivity contribution < 1.29 is 4.79 Å². The average molecular weight is 281 g/mol. The maximum atomic E-state index is 10.8. The van der Waals surface area contributed by atoms with Gasteiger partial charge in [-0.3, -0.25) is 0 Å². The van der Waals surface area contributed by atoms with E-state index in [1.54, 1.807) is 0 Å². The van der Waals surface area contributed by atoms with Crippen LogP contribution in [0.2, 0.25) is 0 Å². The van der Waals surface area contributed by atoms with Crippen LogP contribution in [0.25, 0.3) is 0 Å². The first-order valence-corrected chi connectivity index (χ1v) is 7.19. The number of benzene rings is 2. The van der Waals surface area contributed by atoms with Crippen molar-refractivity contribution in [1.82, 2.24) is 0 Å². The van der Waals surface area contributed by atoms with Crippen molar-refractivity contribution in [2.75, 3.05) is 10.6 Å². The largest absolute Gasteiger partial charge is 0.382 e. The summed E-state index contributed by atoms with van der Waals surface area (Å²) in [7, 11) is 0. The number of amides is 2. The van der Waals surface area contributed by atoms with Crippen LogP contribution in [0.1, 0.15) is 24.3 Å². The van der Waals surface area contributed by atoms with Gasteiger partial charge in [-0.15, -0.1) is 0 Å². The van der Waals surface area contributed by atoms with Gasteiger partial charge in [0.15, 0.2) is 0 Å². The molecule has 3 rings (SSSR count). The number of anilines is 2. The Kier molecular flexibility index (Phi) is 3.77. The van der Waals surface area contributed by atoms with Crippen LogP contribution in [0.5, 0.6) is 0 Å². The Morgan fingerprint density at radius 3 is 2.19 bits per heavy atom. The second-order valence-electron chi connectivity index (χ2n) is 5.49. The molecule has 2 aromatic rings. The maximum Gasteiger partial charge on any atom is 0.316 e. The predicted molar refractivity (Wildman–Crippen MR) is 85.5 cm³/mol. The van der Waals surface area contributed by atoms with Gasteiger partial charge in [-0.05, 0) is 48.6 Å². The highest BCUT2D eigenvalue weighted by atomic mass is 16.2. The van der Waals surface area contributed by atoms with Crippen molar-refractivity contribution >= 4 is 17.4 Å². The van der Waals surface area contributed by atoms with E-state index in [-0.39, 0.29) is 0 Å². The number of urea groups is 1. The van der Waals surface area contributed by atoms with E-state index >= 15 is 0 Å². The zero-order chi connectivity index (χ0) is 14.7. The molecule has 4 nitrogen and oxygen atoms in total. The molecule has 0 bridgehead atoms. The third-order valence-corrected chi connectivity index (χ3v) is 3.93. The molecule has 1 saturated carbocycles. The summed E-state index contributed by atoms with van der Waals surface area (Å²) in [5.41, 5.74) is 8.29. The van der Waals surface area contributed by atoms with E-state index in [0.717, 1.165) is 18.5 Å². The minimum atomic E-state index is -0.541. The van der Waals surface area contributed by atoms with E-state index in [9.17, 15) is 4.79 Å². The van der Waals surface area contributed by atoms with Gasteiger partial charge in [-0.2, -0.15) is 0 Å². The monoisotopic (exact) mass is 281 g/mol. The Morgan fingerprint density at radius 1 is 0.952 bits per heavy atom. The van der Waals surface area contributed by atoms with Gasteiger partial charge in [0.2, 0.25) is 0 Å². The number of carbonyl (C=O) groups excluding carboxylic acids is 1. The minimum Gasteiger partial charge on any atom is -0.382 e. The van der Waals surface area contributed by atoms with E-state index in [2.05, 4.69) is 41.0 Å². The van der Waals surface area contributed by atoms with Crippen LogP contribution in [0.3, 0.4) is 0 Å². The molecule has 0 heterocycles. The molecule has 2 aromatic carbocycles. The lowest BCUT2D eigenvalue weighted by Crippen LogP contribution is -2.33. The number of hydrogen-bond acceptors (Lipinski definition) is 2. The van der Waals surface area contributed by atoms with Crippen molar-refractivity contribution in [3.8, 4) is 0 Å². The Bertz CT molecular complexity index is 604. The van der Waals surface area contributed by atoms with Gasteiger partial charge >= 0.3 is 6.03 Å². The number of carbonyl (C=O) groups is 1. The molecule has 0 atom stereocenters. The van der Waals surface area contributed by atoms with Crippen molar-refractivity contribution in [3.63, 3.8) is 0 Å². The SMILES string of the molecule is NC(=O)Nc1ccc(NC2CC(c3ccccc3)C2)cc1. The lowest BCUT2D eigenvalue weighted by Gasteiger charge is -2.37. The first-order chi connectivity index (χ1) is 10.2. The fraction of sp³-hybridized carbons (Fsp3) is 0.235. The molecular weight excluding hydrogens is 262 g/mol. The molecule has 0 aliphatic heterocycles. The Labute approximate surface area is 124 Å². The summed E-state index contributed by atoms with van der Waals surface area (Å²) in [4.78, 5) is 10.8. The number of primary amides is 1. The van der Waals surface area contributed by atoms with Gasteiger partial charge in [0.1, 0.15) is 0 Å². The lowest BCUT2D eigenvalue weighted by molar-refractivity contribution is 0.259. The van der Waals surface area contributed by atoms with Crippen molar-refractivity contribution in [2.24, 2.45) is 5.73 Å². The Balaban J connectivity index is 1.51. The third kappa shape index (κ3) is 3.34. The summed E-state index contributed by atoms with van der Waals surface area (Å²) in [6.07, 6.45) is 2.32. The maximum absolute atomic E-state index is 10.8. The zero-order valence-corrected chi connectivity index (χ0v) is 11.8. The summed E-state index contributed by atoms with van der Waals surface area (Å²) in [5.74, 6) is 0.666. The molecule has 1 fully saturated rings. The van der Waals surface area contributed by atoms with Crippen LogP contribution in [0.4, 0.5) is 16.2 Å². The van der Waals surface area contributed by atoms with E-state index in [1.807, 2.05) is 24.3 Å². The normalized spacial score (nSPS) is 20.4. The molecule has 0 aromatic heterocycles. The van der Waals surface area contributed by atoms with E-state index < -0.39 is 6.03 Å². The van der Waals surface area contributed by atoms with Gasteiger partial charge in [-0.25, -0.2) is 4.79 Å². The van der Waals surface area contributed by atoms with Gasteiger partial charge in [0.05, 0.1) is 0 Å². The molecule has 1 aliphatic rings. The van der Waals surface area contributed by atoms with Crippen molar-refractivity contribution in [1.29, 1.82) is 0 Å². The quantitative estimate of drug-likeness (QED) is 0.802. The average Bonchev–Trinajstić information content (AvgIpc) is 2.44. The first-order valence-electron chi connectivity index (χ1n) is 7.19. The lowest BCUT2D eigenvalue weighted by atomic mass is 9.76. The second kappa shape index (κ2) is 5.87. The molecule has 0 saturated heterocycles. The van der Waals surface area contributed by atoms with Crippen LogP contribution in [-0.2, 0) is 0 Å². The molecule has 1 aliphatic carbocycles. The molecule has 0 unspecified atom stereocenters. The molecule has 2 amide bonds. The van der Waals surface area contributed by atoms with E-state index in [4.69, 9.17) is 5.73 Å². The Morgan fingerprint density at radius 2 is 1.57 bits per heavy atom. The van der Waals surface area contributed by atoms with Gasteiger partial charge in [0, 0.05) is 17.4 Å². The third-order valence-electron chi connectivity index (χ3n) is 3.93. The van der Waals surface area contributed by atoms with Gasteiger partial charge in [-0.1, -0.05) is 30.3 Å². The number of nitrogens with one attached hydrogen (secondary N) is 2. The molecule has 108 valence electrons. The number of nitrogens with two attached hydrogens (primary N) is 1. The Hall–Kier alpha value is -2.49. The number of rotatable bonds is 4. The fourth-order valence-corrected chi connectivity index (χ4v) is 2.76. The second-order valence-corrected chi connectivity index (χ2v) is 5.49. The molecule has 0 radical (unpaired) electrons. The first kappa shape index (κ1) is 13.5. The fourth-order valence-electron chi connectivity index (χ4n) is 2.76. The van der Waals surface area contributed by atoms with Crippen LogP contribution in [0, 0.1) is 0 Å². The predicted octanol–water partition coefficient (Wildman–Crippen LogP) is 3.54. The summed E-state index contributed by atoms with van der Waals surface area (Å²) < 4.78 is 0. The smallest absolute Gasteiger partial charge is 0.316 e. The molecule has 4 heteroatoms. The summed E-state index contributed by atoms with van der Waals surface area (Å²) in [5, 5.41) is 6.07. The van der Waals surface area contributed by atoms with E-state index in [1.165, 1.54) is 5.56 Å². The highest BCUT2D eigenvalue weighted by Crippen LogP contribution is 2.38.